The van der Waals surface area contributed by atoms with Crippen LogP contribution < -0.4 is 11.1 Å². The van der Waals surface area contributed by atoms with Crippen LogP contribution in [0.2, 0.25) is 0 Å². The van der Waals surface area contributed by atoms with E-state index in [0.29, 0.717) is 31.3 Å². The fourth-order valence-corrected chi connectivity index (χ4v) is 9.40. The highest BCUT2D eigenvalue weighted by Crippen LogP contribution is 2.61. The van der Waals surface area contributed by atoms with E-state index in [4.69, 9.17) is 15.2 Å². The number of hydrogen-bond acceptors (Lipinski definition) is 9. The molecule has 1 saturated heterocycles. The zero-order valence-electron chi connectivity index (χ0n) is 28.1. The summed E-state index contributed by atoms with van der Waals surface area (Å²) in [5.41, 5.74) is 3.75. The summed E-state index contributed by atoms with van der Waals surface area (Å²) in [4.78, 5) is 55.2. The first-order chi connectivity index (χ1) is 23.3. The molecule has 1 spiro atoms. The smallest absolute Gasteiger partial charge is 0.331 e. The fourth-order valence-electron chi connectivity index (χ4n) is 9.40. The van der Waals surface area contributed by atoms with Gasteiger partial charge in [-0.25, -0.2) is 4.79 Å². The maximum Gasteiger partial charge on any atom is 0.331 e. The van der Waals surface area contributed by atoms with Crippen LogP contribution in [0.5, 0.6) is 0 Å². The molecule has 3 unspecified atom stereocenters. The number of carbonyl (C=O) groups excluding carboxylic acids is 4. The van der Waals surface area contributed by atoms with Crippen LogP contribution in [-0.2, 0) is 35.1 Å². The van der Waals surface area contributed by atoms with E-state index in [-0.39, 0.29) is 29.3 Å². The van der Waals surface area contributed by atoms with E-state index >= 15 is 0 Å². The quantitative estimate of drug-likeness (QED) is 0.235. The molecule has 2 amide bonds. The van der Waals surface area contributed by atoms with Gasteiger partial charge in [-0.1, -0.05) is 69.0 Å². The minimum Gasteiger partial charge on any atom is -0.445 e. The van der Waals surface area contributed by atoms with Gasteiger partial charge in [0.05, 0.1) is 30.3 Å². The number of hydrogen-bond donors (Lipinski definition) is 5. The van der Waals surface area contributed by atoms with Gasteiger partial charge in [0.1, 0.15) is 5.41 Å². The van der Waals surface area contributed by atoms with E-state index in [1.54, 1.807) is 6.08 Å². The van der Waals surface area contributed by atoms with Crippen LogP contribution in [0.1, 0.15) is 45.1 Å². The maximum absolute atomic E-state index is 14.3. The number of aliphatic hydroxyl groups excluding tert-OH is 3. The first kappa shape index (κ1) is 34.9. The summed E-state index contributed by atoms with van der Waals surface area (Å²) in [5.74, 6) is -5.73. The van der Waals surface area contributed by atoms with Crippen molar-refractivity contribution in [2.75, 3.05) is 7.11 Å². The van der Waals surface area contributed by atoms with Crippen LogP contribution in [0.25, 0.3) is 0 Å². The predicted molar refractivity (Wildman–Crippen MR) is 178 cm³/mol. The Hall–Kier alpha value is -3.90. The molecule has 1 aromatic rings. The van der Waals surface area contributed by atoms with Gasteiger partial charge in [0.15, 0.2) is 5.78 Å². The molecule has 3 aliphatic carbocycles. The zero-order valence-corrected chi connectivity index (χ0v) is 28.1. The number of aliphatic hydroxyl groups is 3. The first-order valence-electron chi connectivity index (χ1n) is 17.1. The van der Waals surface area contributed by atoms with Crippen molar-refractivity contribution in [3.63, 3.8) is 0 Å². The van der Waals surface area contributed by atoms with Crippen molar-refractivity contribution >= 4 is 23.6 Å². The molecule has 49 heavy (non-hydrogen) atoms. The van der Waals surface area contributed by atoms with E-state index in [1.165, 1.54) is 13.2 Å². The molecular formula is C38H46N2O9. The van der Waals surface area contributed by atoms with E-state index in [2.05, 4.69) is 11.9 Å². The van der Waals surface area contributed by atoms with E-state index in [1.807, 2.05) is 50.3 Å². The van der Waals surface area contributed by atoms with E-state index < -0.39 is 82.9 Å². The Morgan fingerprint density at radius 2 is 1.82 bits per heavy atom. The summed E-state index contributed by atoms with van der Waals surface area (Å²) in [6.45, 7) is 8.11. The first-order valence-corrected chi connectivity index (χ1v) is 17.1. The van der Waals surface area contributed by atoms with Gasteiger partial charge in [0.25, 0.3) is 5.91 Å². The van der Waals surface area contributed by atoms with Gasteiger partial charge in [-0.15, -0.1) is 0 Å². The molecular weight excluding hydrogens is 628 g/mol. The average Bonchev–Trinajstić information content (AvgIpc) is 3.50. The Kier molecular flexibility index (Phi) is 9.34. The molecule has 11 heteroatoms. The number of ketones is 1. The molecule has 2 heterocycles. The van der Waals surface area contributed by atoms with Crippen LogP contribution in [0.15, 0.2) is 77.9 Å². The average molecular weight is 675 g/mol. The van der Waals surface area contributed by atoms with Gasteiger partial charge in [0, 0.05) is 43.1 Å². The second-order valence-corrected chi connectivity index (χ2v) is 14.4. The number of benzene rings is 1. The predicted octanol–water partition coefficient (Wildman–Crippen LogP) is 1.85. The van der Waals surface area contributed by atoms with Crippen molar-refractivity contribution in [1.82, 2.24) is 5.32 Å². The lowest BCUT2D eigenvalue weighted by Gasteiger charge is -2.53. The molecule has 2 aliphatic heterocycles. The Morgan fingerprint density at radius 1 is 1.10 bits per heavy atom. The highest BCUT2D eigenvalue weighted by Gasteiger charge is 2.74. The number of rotatable bonds is 4. The van der Waals surface area contributed by atoms with Crippen LogP contribution in [0, 0.1) is 35.0 Å². The van der Waals surface area contributed by atoms with Crippen molar-refractivity contribution in [3.05, 3.63) is 83.5 Å². The fraction of sp³-hybridized carbons (Fsp3) is 0.526. The van der Waals surface area contributed by atoms with E-state index in [9.17, 15) is 34.5 Å². The summed E-state index contributed by atoms with van der Waals surface area (Å²) < 4.78 is 11.9. The molecule has 12 atom stereocenters. The number of allylic oxidation sites excluding steroid dienone is 2. The normalized spacial score (nSPS) is 42.2. The Bertz CT molecular complexity index is 1630. The van der Waals surface area contributed by atoms with E-state index in [0.717, 1.165) is 11.6 Å². The third-order valence-corrected chi connectivity index (χ3v) is 11.9. The number of nitrogens with one attached hydrogen (secondary N) is 1. The van der Waals surface area contributed by atoms with Gasteiger partial charge >= 0.3 is 5.97 Å². The number of fused-ring (bicyclic) bond motifs is 2. The van der Waals surface area contributed by atoms with Gasteiger partial charge in [0.2, 0.25) is 11.5 Å². The Labute approximate surface area is 285 Å². The SMILES string of the molecule is C=C1[C@@H](C)C2[C@H](Cc3ccccc3)NC(=O)[C@]23OC(=O)/C=C\C2=C(C(=O)CCC[C@@H](C)C/C=C/C3[C@@H]1O)[C@H](OC)[C@H]1[C@H](O)[C@@H](O)C21C(N)=O. The lowest BCUT2D eigenvalue weighted by Crippen LogP contribution is -2.70. The van der Waals surface area contributed by atoms with Gasteiger partial charge in [-0.2, -0.15) is 0 Å². The molecule has 262 valence electrons. The minimum atomic E-state index is -1.88. The summed E-state index contributed by atoms with van der Waals surface area (Å²) in [5, 5.41) is 36.5. The third-order valence-electron chi connectivity index (χ3n) is 11.9. The lowest BCUT2D eigenvalue weighted by molar-refractivity contribution is -0.213. The van der Waals surface area contributed by atoms with Crippen molar-refractivity contribution in [3.8, 4) is 0 Å². The zero-order chi connectivity index (χ0) is 35.4. The molecule has 5 aliphatic rings. The topological polar surface area (TPSA) is 185 Å². The number of amides is 2. The van der Waals surface area contributed by atoms with Crippen LogP contribution in [0.4, 0.5) is 0 Å². The summed E-state index contributed by atoms with van der Waals surface area (Å²) in [6.07, 6.45) is 2.89. The van der Waals surface area contributed by atoms with Crippen molar-refractivity contribution < 1.29 is 44.0 Å². The highest BCUT2D eigenvalue weighted by molar-refractivity contribution is 6.03. The number of ether oxygens (including phenoxy) is 2. The highest BCUT2D eigenvalue weighted by atomic mass is 16.6. The second-order valence-electron chi connectivity index (χ2n) is 14.4. The molecule has 0 bridgehead atoms. The summed E-state index contributed by atoms with van der Waals surface area (Å²) in [7, 11) is 1.34. The summed E-state index contributed by atoms with van der Waals surface area (Å²) >= 11 is 0. The van der Waals surface area contributed by atoms with Crippen LogP contribution in [-0.4, -0.2) is 82.1 Å². The Balaban J connectivity index is 1.48. The molecule has 3 fully saturated rings. The monoisotopic (exact) mass is 674 g/mol. The van der Waals surface area contributed by atoms with Crippen molar-refractivity contribution in [1.29, 1.82) is 0 Å². The number of primary amides is 1. The number of carbonyl (C=O) groups is 4. The van der Waals surface area contributed by atoms with Gasteiger partial charge < -0.3 is 35.8 Å². The molecule has 0 aromatic heterocycles. The van der Waals surface area contributed by atoms with Crippen LogP contribution in [0.3, 0.4) is 0 Å². The number of nitrogens with two attached hydrogens (primary N) is 1. The molecule has 11 nitrogen and oxygen atoms in total. The standard InChI is InChI=1S/C38H46N2O9/c1-19-10-8-14-24-31(43)21(3)20(2)29-25(18-22-12-6-5-7-13-22)40-36(47)38(24,29)49-27(42)17-16-23-28(26(41)15-9-11-19)33(48-4)30-32(44)34(45)37(23,30)35(39)46/h5-8,12-14,16-17,19-20,24-25,29-34,43-45H,3,9-11,15,18H2,1-2,4H3,(H2,39,46)(H,40,47)/b14-8+,17-16-/t19-,20+,24?,25-,29?,30+,31+,32-,33-,34+,37?,38+/m0/s1. The molecule has 1 aromatic carbocycles. The van der Waals surface area contributed by atoms with Crippen molar-refractivity contribution in [2.24, 2.45) is 40.7 Å². The maximum atomic E-state index is 14.3. The lowest BCUT2D eigenvalue weighted by atomic mass is 9.54. The molecule has 0 radical (unpaired) electrons. The number of Topliss-reactive ketones (excluding diaryl/α,β-unsaturated/α-hetero) is 1. The van der Waals surface area contributed by atoms with Gasteiger partial charge in [-0.05, 0) is 54.2 Å². The summed E-state index contributed by atoms with van der Waals surface area (Å²) in [6, 6.07) is 9.17. The Morgan fingerprint density at radius 3 is 2.49 bits per heavy atom. The second kappa shape index (κ2) is 13.1. The third kappa shape index (κ3) is 5.24. The van der Waals surface area contributed by atoms with Gasteiger partial charge in [-0.3, -0.25) is 14.4 Å². The molecule has 2 saturated carbocycles. The molecule has 6 rings (SSSR count). The number of methoxy groups -OCH3 is 1. The number of esters is 1. The van der Waals surface area contributed by atoms with Crippen LogP contribution >= 0.6 is 0 Å². The molecule has 6 N–H and O–H groups in total. The largest absolute Gasteiger partial charge is 0.445 e. The van der Waals surface area contributed by atoms with Crippen molar-refractivity contribution in [2.45, 2.75) is 82.0 Å². The minimum absolute atomic E-state index is 0.00880.